The molecule has 1 amide bonds. The summed E-state index contributed by atoms with van der Waals surface area (Å²) in [5.41, 5.74) is 0.431. The van der Waals surface area contributed by atoms with Crippen molar-refractivity contribution in [2.45, 2.75) is 20.3 Å². The van der Waals surface area contributed by atoms with E-state index < -0.39 is 27.3 Å². The minimum Gasteiger partial charge on any atom is -0.301 e. The van der Waals surface area contributed by atoms with Gasteiger partial charge in [0.15, 0.2) is 9.84 Å². The fourth-order valence-corrected chi connectivity index (χ4v) is 3.66. The minimum atomic E-state index is -3.31. The Labute approximate surface area is 122 Å². The zero-order chi connectivity index (χ0) is 15.8. The number of nitrogens with zero attached hydrogens (tertiary/aromatic N) is 1. The average molecular weight is 313 g/mol. The summed E-state index contributed by atoms with van der Waals surface area (Å²) in [6, 6.07) is 2.66. The van der Waals surface area contributed by atoms with Crippen LogP contribution in [0.2, 0.25) is 0 Å². The van der Waals surface area contributed by atoms with Crippen LogP contribution in [-0.2, 0) is 14.6 Å². The molecule has 0 spiro atoms. The molecule has 0 atom stereocenters. The molecular formula is C14H16FNO4S. The molecule has 1 aliphatic rings. The summed E-state index contributed by atoms with van der Waals surface area (Å²) in [6.45, 7) is 3.15. The molecule has 1 aliphatic heterocycles. The van der Waals surface area contributed by atoms with Gasteiger partial charge in [-0.15, -0.1) is 0 Å². The zero-order valence-electron chi connectivity index (χ0n) is 11.8. The molecule has 0 unspecified atom stereocenters. The summed E-state index contributed by atoms with van der Waals surface area (Å²) in [7, 11) is -3.31. The van der Waals surface area contributed by atoms with E-state index in [4.69, 9.17) is 0 Å². The maximum Gasteiger partial charge on any atom is 0.299 e. The Bertz CT molecular complexity index is 712. The van der Waals surface area contributed by atoms with Crippen LogP contribution >= 0.6 is 0 Å². The molecule has 0 fully saturated rings. The summed E-state index contributed by atoms with van der Waals surface area (Å²) in [4.78, 5) is 24.7. The fraction of sp³-hybridized carbons (Fsp3) is 0.429. The number of rotatable bonds is 5. The second-order valence-corrected chi connectivity index (χ2v) is 7.38. The number of hydrogen-bond acceptors (Lipinski definition) is 4. The van der Waals surface area contributed by atoms with Crippen molar-refractivity contribution in [3.63, 3.8) is 0 Å². The number of aryl methyl sites for hydroxylation is 1. The molecular weight excluding hydrogens is 297 g/mol. The van der Waals surface area contributed by atoms with Gasteiger partial charge < -0.3 is 4.90 Å². The lowest BCUT2D eigenvalue weighted by molar-refractivity contribution is -0.114. The minimum absolute atomic E-state index is 0.00499. The first-order chi connectivity index (χ1) is 9.76. The summed E-state index contributed by atoms with van der Waals surface area (Å²) in [6.07, 6.45) is 0.472. The van der Waals surface area contributed by atoms with Gasteiger partial charge in [-0.1, -0.05) is 6.92 Å². The maximum absolute atomic E-state index is 14.0. The summed E-state index contributed by atoms with van der Waals surface area (Å²) >= 11 is 0. The standard InChI is InChI=1S/C14H16FNO4S/c1-3-5-21(19,20)6-4-16-12-10(13(17)14(16)18)7-9(2)8-11(12)15/h7-8H,3-6H2,1-2H3. The van der Waals surface area contributed by atoms with E-state index in [-0.39, 0.29) is 29.3 Å². The number of hydrogen-bond donors (Lipinski definition) is 0. The van der Waals surface area contributed by atoms with Gasteiger partial charge in [0, 0.05) is 12.3 Å². The molecule has 0 bridgehead atoms. The van der Waals surface area contributed by atoms with E-state index >= 15 is 0 Å². The Balaban J connectivity index is 2.32. The molecule has 21 heavy (non-hydrogen) atoms. The van der Waals surface area contributed by atoms with Crippen LogP contribution in [0.3, 0.4) is 0 Å². The number of carbonyl (C=O) groups excluding carboxylic acids is 2. The third-order valence-corrected chi connectivity index (χ3v) is 5.14. The normalized spacial score (nSPS) is 14.7. The number of sulfone groups is 1. The van der Waals surface area contributed by atoms with Crippen LogP contribution in [0.5, 0.6) is 0 Å². The van der Waals surface area contributed by atoms with Crippen LogP contribution in [0.4, 0.5) is 10.1 Å². The third kappa shape index (κ3) is 2.97. The van der Waals surface area contributed by atoms with Crippen LogP contribution in [0.15, 0.2) is 12.1 Å². The second-order valence-electron chi connectivity index (χ2n) is 5.08. The van der Waals surface area contributed by atoms with E-state index in [0.29, 0.717) is 12.0 Å². The lowest BCUT2D eigenvalue weighted by Gasteiger charge is -2.17. The Morgan fingerprint density at radius 2 is 1.86 bits per heavy atom. The predicted molar refractivity (Wildman–Crippen MR) is 76.8 cm³/mol. The number of ketones is 1. The van der Waals surface area contributed by atoms with Gasteiger partial charge in [0.25, 0.3) is 11.7 Å². The van der Waals surface area contributed by atoms with Gasteiger partial charge in [0.1, 0.15) is 5.82 Å². The van der Waals surface area contributed by atoms with Gasteiger partial charge >= 0.3 is 0 Å². The van der Waals surface area contributed by atoms with Crippen LogP contribution in [0.25, 0.3) is 0 Å². The quantitative estimate of drug-likeness (QED) is 0.772. The van der Waals surface area contributed by atoms with E-state index in [2.05, 4.69) is 0 Å². The molecule has 1 aromatic carbocycles. The Kier molecular flexibility index (Phi) is 4.13. The summed E-state index contributed by atoms with van der Waals surface area (Å²) in [5, 5.41) is 0. The highest BCUT2D eigenvalue weighted by atomic mass is 32.2. The van der Waals surface area contributed by atoms with Crippen molar-refractivity contribution in [2.75, 3.05) is 23.0 Å². The van der Waals surface area contributed by atoms with Crippen molar-refractivity contribution in [1.82, 2.24) is 0 Å². The summed E-state index contributed by atoms with van der Waals surface area (Å²) in [5.74, 6) is -2.63. The van der Waals surface area contributed by atoms with Crippen molar-refractivity contribution < 1.29 is 22.4 Å². The number of fused-ring (bicyclic) bond motifs is 1. The first kappa shape index (κ1) is 15.6. The number of amides is 1. The second kappa shape index (κ2) is 5.55. The number of anilines is 1. The van der Waals surface area contributed by atoms with Crippen LogP contribution < -0.4 is 4.90 Å². The molecule has 0 saturated carbocycles. The van der Waals surface area contributed by atoms with Gasteiger partial charge in [0.2, 0.25) is 0 Å². The van der Waals surface area contributed by atoms with E-state index in [1.54, 1.807) is 13.8 Å². The molecule has 0 aromatic heterocycles. The maximum atomic E-state index is 14.0. The molecule has 7 heteroatoms. The van der Waals surface area contributed by atoms with Gasteiger partial charge in [0.05, 0.1) is 17.0 Å². The van der Waals surface area contributed by atoms with E-state index in [1.165, 1.54) is 12.1 Å². The molecule has 0 N–H and O–H groups in total. The molecule has 114 valence electrons. The Morgan fingerprint density at radius 1 is 1.19 bits per heavy atom. The van der Waals surface area contributed by atoms with Crippen molar-refractivity contribution in [3.05, 3.63) is 29.1 Å². The van der Waals surface area contributed by atoms with Gasteiger partial charge in [-0.2, -0.15) is 0 Å². The fourth-order valence-electron chi connectivity index (χ4n) is 2.38. The Hall–Kier alpha value is -1.76. The monoisotopic (exact) mass is 313 g/mol. The number of halogens is 1. The van der Waals surface area contributed by atoms with Crippen LogP contribution in [0, 0.1) is 12.7 Å². The first-order valence-electron chi connectivity index (χ1n) is 6.63. The van der Waals surface area contributed by atoms with Gasteiger partial charge in [-0.3, -0.25) is 9.59 Å². The van der Waals surface area contributed by atoms with Gasteiger partial charge in [-0.05, 0) is 31.0 Å². The van der Waals surface area contributed by atoms with E-state index in [1.807, 2.05) is 0 Å². The van der Waals surface area contributed by atoms with Crippen molar-refractivity contribution >= 4 is 27.2 Å². The topological polar surface area (TPSA) is 71.5 Å². The molecule has 0 aliphatic carbocycles. The molecule has 1 aromatic rings. The van der Waals surface area contributed by atoms with Crippen LogP contribution in [-0.4, -0.2) is 38.2 Å². The molecule has 5 nitrogen and oxygen atoms in total. The molecule has 2 rings (SSSR count). The van der Waals surface area contributed by atoms with Crippen molar-refractivity contribution in [2.24, 2.45) is 0 Å². The lowest BCUT2D eigenvalue weighted by atomic mass is 10.1. The average Bonchev–Trinajstić information content (AvgIpc) is 2.61. The molecule has 0 radical (unpaired) electrons. The third-order valence-electron chi connectivity index (χ3n) is 3.30. The van der Waals surface area contributed by atoms with E-state index in [9.17, 15) is 22.4 Å². The highest BCUT2D eigenvalue weighted by Crippen LogP contribution is 2.32. The largest absolute Gasteiger partial charge is 0.301 e. The molecule has 1 heterocycles. The summed E-state index contributed by atoms with van der Waals surface area (Å²) < 4.78 is 37.4. The number of carbonyl (C=O) groups is 2. The first-order valence-corrected chi connectivity index (χ1v) is 8.45. The number of Topliss-reactive ketones (excluding diaryl/α,β-unsaturated/α-hetero) is 1. The SMILES string of the molecule is CCCS(=O)(=O)CCN1C(=O)C(=O)c2cc(C)cc(F)c21. The number of benzene rings is 1. The molecule has 0 saturated heterocycles. The van der Waals surface area contributed by atoms with Crippen molar-refractivity contribution in [1.29, 1.82) is 0 Å². The highest BCUT2D eigenvalue weighted by molar-refractivity contribution is 7.91. The van der Waals surface area contributed by atoms with Crippen molar-refractivity contribution in [3.8, 4) is 0 Å². The smallest absolute Gasteiger partial charge is 0.299 e. The van der Waals surface area contributed by atoms with Crippen LogP contribution in [0.1, 0.15) is 29.3 Å². The predicted octanol–water partition coefficient (Wildman–Crippen LogP) is 1.49. The lowest BCUT2D eigenvalue weighted by Crippen LogP contribution is -2.35. The zero-order valence-corrected chi connectivity index (χ0v) is 12.7. The van der Waals surface area contributed by atoms with Gasteiger partial charge in [-0.25, -0.2) is 12.8 Å². The highest BCUT2D eigenvalue weighted by Gasteiger charge is 2.38. The van der Waals surface area contributed by atoms with E-state index in [0.717, 1.165) is 4.90 Å². The Morgan fingerprint density at radius 3 is 2.48 bits per heavy atom.